The van der Waals surface area contributed by atoms with Gasteiger partial charge in [-0.15, -0.1) is 5.10 Å². The molecule has 7 heteroatoms. The van der Waals surface area contributed by atoms with Gasteiger partial charge in [-0.3, -0.25) is 4.79 Å². The molecular weight excluding hydrogens is 316 g/mol. The van der Waals surface area contributed by atoms with E-state index in [2.05, 4.69) is 10.3 Å². The van der Waals surface area contributed by atoms with Gasteiger partial charge in [0.15, 0.2) is 5.69 Å². The fourth-order valence-corrected chi connectivity index (χ4v) is 2.51. The number of amides is 1. The number of rotatable bonds is 5. The lowest BCUT2D eigenvalue weighted by Gasteiger charge is -2.27. The van der Waals surface area contributed by atoms with Crippen molar-refractivity contribution in [3.05, 3.63) is 40.7 Å². The molecule has 1 heterocycles. The van der Waals surface area contributed by atoms with Crippen LogP contribution in [0.4, 0.5) is 0 Å². The molecule has 0 aliphatic heterocycles. The van der Waals surface area contributed by atoms with Crippen LogP contribution in [0, 0.1) is 6.92 Å². The summed E-state index contributed by atoms with van der Waals surface area (Å²) in [6.45, 7) is 7.49. The van der Waals surface area contributed by atoms with Crippen LogP contribution in [0.1, 0.15) is 37.0 Å². The number of aromatic nitrogens is 3. The van der Waals surface area contributed by atoms with Gasteiger partial charge in [0.05, 0.1) is 17.5 Å². The van der Waals surface area contributed by atoms with Crippen LogP contribution in [0.15, 0.2) is 24.3 Å². The van der Waals surface area contributed by atoms with Gasteiger partial charge in [0.1, 0.15) is 0 Å². The van der Waals surface area contributed by atoms with Crippen molar-refractivity contribution in [1.29, 1.82) is 0 Å². The van der Waals surface area contributed by atoms with Crippen LogP contribution < -0.4 is 0 Å². The Hall–Kier alpha value is -1.92. The van der Waals surface area contributed by atoms with Crippen molar-refractivity contribution < 1.29 is 9.90 Å². The molecule has 2 aromatic rings. The van der Waals surface area contributed by atoms with Gasteiger partial charge in [-0.05, 0) is 45.9 Å². The zero-order valence-corrected chi connectivity index (χ0v) is 14.4. The van der Waals surface area contributed by atoms with Crippen molar-refractivity contribution >= 4 is 17.5 Å². The number of aliphatic hydroxyl groups excluding tert-OH is 1. The molecule has 1 atom stereocenters. The summed E-state index contributed by atoms with van der Waals surface area (Å²) in [7, 11) is 0. The fourth-order valence-electron chi connectivity index (χ4n) is 2.33. The Morgan fingerprint density at radius 2 is 2.09 bits per heavy atom. The van der Waals surface area contributed by atoms with Gasteiger partial charge in [0.2, 0.25) is 0 Å². The van der Waals surface area contributed by atoms with Crippen molar-refractivity contribution in [3.63, 3.8) is 0 Å². The Bertz CT molecular complexity index is 697. The van der Waals surface area contributed by atoms with Gasteiger partial charge in [0.25, 0.3) is 5.91 Å². The topological polar surface area (TPSA) is 71.2 Å². The molecule has 0 aliphatic rings. The fraction of sp³-hybridized carbons (Fsp3) is 0.438. The molecule has 0 saturated heterocycles. The first-order valence-electron chi connectivity index (χ1n) is 7.48. The smallest absolute Gasteiger partial charge is 0.276 e. The Morgan fingerprint density at radius 1 is 1.39 bits per heavy atom. The van der Waals surface area contributed by atoms with E-state index in [9.17, 15) is 9.90 Å². The second kappa shape index (κ2) is 7.10. The Labute approximate surface area is 140 Å². The molecule has 0 aliphatic carbocycles. The summed E-state index contributed by atoms with van der Waals surface area (Å²) >= 11 is 6.00. The Balaban J connectivity index is 2.36. The van der Waals surface area contributed by atoms with Crippen molar-refractivity contribution in [2.24, 2.45) is 0 Å². The number of aliphatic hydroxyl groups is 1. The molecular formula is C16H21ClN4O2. The Kier molecular flexibility index (Phi) is 5.38. The predicted molar refractivity (Wildman–Crippen MR) is 89.0 cm³/mol. The minimum absolute atomic E-state index is 0.0483. The van der Waals surface area contributed by atoms with Crippen LogP contribution in [0.3, 0.4) is 0 Å². The molecule has 1 aromatic heterocycles. The summed E-state index contributed by atoms with van der Waals surface area (Å²) in [6, 6.07) is 7.14. The second-order valence-electron chi connectivity index (χ2n) is 5.82. The average Bonchev–Trinajstić information content (AvgIpc) is 2.85. The average molecular weight is 337 g/mol. The van der Waals surface area contributed by atoms with E-state index < -0.39 is 6.10 Å². The predicted octanol–water partition coefficient (Wildman–Crippen LogP) is 2.46. The van der Waals surface area contributed by atoms with Gasteiger partial charge < -0.3 is 10.0 Å². The highest BCUT2D eigenvalue weighted by Gasteiger charge is 2.25. The third-order valence-electron chi connectivity index (χ3n) is 3.50. The van der Waals surface area contributed by atoms with Gasteiger partial charge in [-0.1, -0.05) is 22.9 Å². The quantitative estimate of drug-likeness (QED) is 0.910. The minimum atomic E-state index is -0.607. The van der Waals surface area contributed by atoms with Gasteiger partial charge >= 0.3 is 0 Å². The summed E-state index contributed by atoms with van der Waals surface area (Å²) in [5.41, 5.74) is 1.65. The van der Waals surface area contributed by atoms with Crippen LogP contribution in [-0.4, -0.2) is 49.6 Å². The first-order chi connectivity index (χ1) is 10.8. The maximum Gasteiger partial charge on any atom is 0.276 e. The highest BCUT2D eigenvalue weighted by atomic mass is 35.5. The van der Waals surface area contributed by atoms with E-state index in [1.54, 1.807) is 35.6 Å². The SMILES string of the molecule is Cc1c(C(=O)N(CC(C)O)C(C)C)nnn1-c1cccc(Cl)c1. The van der Waals surface area contributed by atoms with E-state index in [0.717, 1.165) is 5.69 Å². The number of nitrogens with zero attached hydrogens (tertiary/aromatic N) is 4. The molecule has 0 radical (unpaired) electrons. The maximum atomic E-state index is 12.7. The van der Waals surface area contributed by atoms with Crippen LogP contribution in [0.25, 0.3) is 5.69 Å². The standard InChI is InChI=1S/C16H21ClN4O2/c1-10(2)20(9-11(3)22)16(23)15-12(4)21(19-18-15)14-7-5-6-13(17)8-14/h5-8,10-11,22H,9H2,1-4H3. The Morgan fingerprint density at radius 3 is 2.65 bits per heavy atom. The molecule has 0 fully saturated rings. The monoisotopic (exact) mass is 336 g/mol. The van der Waals surface area contributed by atoms with Crippen molar-refractivity contribution in [2.75, 3.05) is 6.54 Å². The van der Waals surface area contributed by atoms with Crippen molar-refractivity contribution in [3.8, 4) is 5.69 Å². The molecule has 0 spiro atoms. The van der Waals surface area contributed by atoms with E-state index in [0.29, 0.717) is 10.7 Å². The molecule has 1 amide bonds. The highest BCUT2D eigenvalue weighted by Crippen LogP contribution is 2.18. The lowest BCUT2D eigenvalue weighted by atomic mass is 10.2. The summed E-state index contributed by atoms with van der Waals surface area (Å²) in [6.07, 6.45) is -0.607. The summed E-state index contributed by atoms with van der Waals surface area (Å²) in [4.78, 5) is 14.3. The van der Waals surface area contributed by atoms with E-state index >= 15 is 0 Å². The largest absolute Gasteiger partial charge is 0.392 e. The van der Waals surface area contributed by atoms with Crippen LogP contribution in [0.2, 0.25) is 5.02 Å². The van der Waals surface area contributed by atoms with Crippen LogP contribution in [-0.2, 0) is 0 Å². The molecule has 0 bridgehead atoms. The lowest BCUT2D eigenvalue weighted by Crippen LogP contribution is -2.41. The maximum absolute atomic E-state index is 12.7. The van der Waals surface area contributed by atoms with E-state index in [4.69, 9.17) is 11.6 Å². The molecule has 2 rings (SSSR count). The number of hydrogen-bond acceptors (Lipinski definition) is 4. The zero-order chi connectivity index (χ0) is 17.1. The lowest BCUT2D eigenvalue weighted by molar-refractivity contribution is 0.0572. The molecule has 6 nitrogen and oxygen atoms in total. The molecule has 23 heavy (non-hydrogen) atoms. The summed E-state index contributed by atoms with van der Waals surface area (Å²) < 4.78 is 1.58. The van der Waals surface area contributed by atoms with Gasteiger partial charge in [-0.2, -0.15) is 0 Å². The third kappa shape index (κ3) is 3.89. The summed E-state index contributed by atoms with van der Waals surface area (Å²) in [5, 5.41) is 18.3. The molecule has 1 unspecified atom stereocenters. The number of carbonyl (C=O) groups is 1. The number of hydrogen-bond donors (Lipinski definition) is 1. The highest BCUT2D eigenvalue weighted by molar-refractivity contribution is 6.30. The van der Waals surface area contributed by atoms with Gasteiger partial charge in [0, 0.05) is 17.6 Å². The molecule has 0 saturated carbocycles. The molecule has 1 N–H and O–H groups in total. The molecule has 124 valence electrons. The van der Waals surface area contributed by atoms with Gasteiger partial charge in [-0.25, -0.2) is 4.68 Å². The number of halogens is 1. The molecule has 1 aromatic carbocycles. The summed E-state index contributed by atoms with van der Waals surface area (Å²) in [5.74, 6) is -0.244. The zero-order valence-electron chi connectivity index (χ0n) is 13.7. The third-order valence-corrected chi connectivity index (χ3v) is 3.73. The van der Waals surface area contributed by atoms with Crippen molar-refractivity contribution in [2.45, 2.75) is 39.8 Å². The first kappa shape index (κ1) is 17.4. The van der Waals surface area contributed by atoms with E-state index in [1.807, 2.05) is 26.0 Å². The number of benzene rings is 1. The van der Waals surface area contributed by atoms with Crippen molar-refractivity contribution in [1.82, 2.24) is 19.9 Å². The van der Waals surface area contributed by atoms with E-state index in [-0.39, 0.29) is 24.2 Å². The number of carbonyl (C=O) groups excluding carboxylic acids is 1. The van der Waals surface area contributed by atoms with Crippen LogP contribution >= 0.6 is 11.6 Å². The minimum Gasteiger partial charge on any atom is -0.392 e. The van der Waals surface area contributed by atoms with E-state index in [1.165, 1.54) is 0 Å². The van der Waals surface area contributed by atoms with Crippen LogP contribution in [0.5, 0.6) is 0 Å². The second-order valence-corrected chi connectivity index (χ2v) is 6.25. The normalized spacial score (nSPS) is 12.5. The first-order valence-corrected chi connectivity index (χ1v) is 7.86.